The van der Waals surface area contributed by atoms with Gasteiger partial charge >= 0.3 is 0 Å². The molecule has 1 atom stereocenters. The number of rotatable bonds is 5. The van der Waals surface area contributed by atoms with E-state index in [2.05, 4.69) is 5.32 Å². The average molecular weight is 353 g/mol. The first-order valence-electron chi connectivity index (χ1n) is 8.46. The molecule has 24 heavy (non-hydrogen) atoms. The van der Waals surface area contributed by atoms with Crippen molar-refractivity contribution in [3.8, 4) is 0 Å². The minimum absolute atomic E-state index is 0.0428. The Bertz CT molecular complexity index is 602. The molecule has 1 fully saturated rings. The summed E-state index contributed by atoms with van der Waals surface area (Å²) in [6.45, 7) is 4.35. The molecule has 0 bridgehead atoms. The lowest BCUT2D eigenvalue weighted by Crippen LogP contribution is -2.44. The van der Waals surface area contributed by atoms with Crippen LogP contribution in [-0.2, 0) is 4.79 Å². The van der Waals surface area contributed by atoms with E-state index in [1.54, 1.807) is 23.1 Å². The van der Waals surface area contributed by atoms with Gasteiger partial charge in [0.2, 0.25) is 5.91 Å². The largest absolute Gasteiger partial charge is 0.396 e. The first-order chi connectivity index (χ1) is 11.4. The summed E-state index contributed by atoms with van der Waals surface area (Å²) in [4.78, 5) is 26.6. The Balaban J connectivity index is 2.22. The summed E-state index contributed by atoms with van der Waals surface area (Å²) >= 11 is 6.22. The van der Waals surface area contributed by atoms with E-state index >= 15 is 0 Å². The van der Waals surface area contributed by atoms with Crippen LogP contribution in [0.15, 0.2) is 18.2 Å². The maximum atomic E-state index is 12.9. The highest BCUT2D eigenvalue weighted by Gasteiger charge is 2.28. The van der Waals surface area contributed by atoms with E-state index in [9.17, 15) is 14.7 Å². The van der Waals surface area contributed by atoms with E-state index in [1.807, 2.05) is 13.8 Å². The number of halogens is 1. The monoisotopic (exact) mass is 352 g/mol. The predicted molar refractivity (Wildman–Crippen MR) is 95.3 cm³/mol. The third-order valence-corrected chi connectivity index (χ3v) is 4.67. The van der Waals surface area contributed by atoms with Gasteiger partial charge in [-0.3, -0.25) is 9.59 Å². The molecule has 0 aliphatic carbocycles. The van der Waals surface area contributed by atoms with Crippen LogP contribution in [0.2, 0.25) is 5.02 Å². The first kappa shape index (κ1) is 18.7. The SMILES string of the molecule is CC(C)C(=O)Nc1ccc(Cl)c(C(=O)N2CCCC[C@@H]2CCO)c1. The van der Waals surface area contributed by atoms with Crippen LogP contribution in [0.3, 0.4) is 0 Å². The summed E-state index contributed by atoms with van der Waals surface area (Å²) in [7, 11) is 0. The fourth-order valence-electron chi connectivity index (χ4n) is 2.93. The molecule has 2 amide bonds. The quantitative estimate of drug-likeness (QED) is 0.854. The summed E-state index contributed by atoms with van der Waals surface area (Å²) in [6.07, 6.45) is 3.49. The van der Waals surface area contributed by atoms with Crippen LogP contribution in [0.5, 0.6) is 0 Å². The van der Waals surface area contributed by atoms with Crippen molar-refractivity contribution < 1.29 is 14.7 Å². The normalized spacial score (nSPS) is 17.9. The molecule has 1 heterocycles. The van der Waals surface area contributed by atoms with E-state index in [0.717, 1.165) is 19.3 Å². The number of amides is 2. The Morgan fingerprint density at radius 2 is 2.12 bits per heavy atom. The molecular weight excluding hydrogens is 328 g/mol. The average Bonchev–Trinajstić information content (AvgIpc) is 2.56. The molecule has 6 heteroatoms. The minimum Gasteiger partial charge on any atom is -0.396 e. The maximum absolute atomic E-state index is 12.9. The smallest absolute Gasteiger partial charge is 0.255 e. The summed E-state index contributed by atoms with van der Waals surface area (Å²) in [5.41, 5.74) is 0.959. The highest BCUT2D eigenvalue weighted by Crippen LogP contribution is 2.27. The van der Waals surface area contributed by atoms with Crippen LogP contribution >= 0.6 is 11.6 Å². The van der Waals surface area contributed by atoms with Gasteiger partial charge in [0.05, 0.1) is 10.6 Å². The second-order valence-corrected chi connectivity index (χ2v) is 6.91. The Morgan fingerprint density at radius 1 is 1.38 bits per heavy atom. The minimum atomic E-state index is -0.143. The lowest BCUT2D eigenvalue weighted by atomic mass is 9.98. The van der Waals surface area contributed by atoms with Crippen LogP contribution in [0.1, 0.15) is 49.9 Å². The van der Waals surface area contributed by atoms with Crippen LogP contribution in [0, 0.1) is 5.92 Å². The predicted octanol–water partition coefficient (Wildman–Crippen LogP) is 3.31. The molecule has 132 valence electrons. The van der Waals surface area contributed by atoms with Crippen LogP contribution in [-0.4, -0.2) is 41.0 Å². The van der Waals surface area contributed by atoms with Gasteiger partial charge in [0, 0.05) is 30.8 Å². The number of likely N-dealkylation sites (tertiary alicyclic amines) is 1. The molecule has 0 spiro atoms. The van der Waals surface area contributed by atoms with Gasteiger partial charge in [-0.15, -0.1) is 0 Å². The van der Waals surface area contributed by atoms with E-state index in [4.69, 9.17) is 11.6 Å². The Hall–Kier alpha value is -1.59. The lowest BCUT2D eigenvalue weighted by molar-refractivity contribution is -0.118. The molecule has 1 aliphatic heterocycles. The molecule has 0 saturated carbocycles. The second-order valence-electron chi connectivity index (χ2n) is 6.50. The van der Waals surface area contributed by atoms with Gasteiger partial charge < -0.3 is 15.3 Å². The highest BCUT2D eigenvalue weighted by atomic mass is 35.5. The molecule has 1 aliphatic rings. The standard InChI is InChI=1S/C18H25ClN2O3/c1-12(2)17(23)20-13-6-7-16(19)15(11-13)18(24)21-9-4-3-5-14(21)8-10-22/h6-7,11-12,14,22H,3-5,8-10H2,1-2H3,(H,20,23)/t14-/m1/s1. The number of hydrogen-bond acceptors (Lipinski definition) is 3. The topological polar surface area (TPSA) is 69.6 Å². The molecule has 2 N–H and O–H groups in total. The van der Waals surface area contributed by atoms with Crippen molar-refractivity contribution in [3.63, 3.8) is 0 Å². The number of hydrogen-bond donors (Lipinski definition) is 2. The number of benzene rings is 1. The molecule has 5 nitrogen and oxygen atoms in total. The molecule has 1 saturated heterocycles. The number of anilines is 1. The Labute approximate surface area is 148 Å². The molecule has 0 aromatic heterocycles. The van der Waals surface area contributed by atoms with Crippen molar-refractivity contribution in [3.05, 3.63) is 28.8 Å². The third-order valence-electron chi connectivity index (χ3n) is 4.34. The van der Waals surface area contributed by atoms with E-state index in [0.29, 0.717) is 29.2 Å². The van der Waals surface area contributed by atoms with Crippen molar-refractivity contribution in [1.29, 1.82) is 0 Å². The number of nitrogens with one attached hydrogen (secondary N) is 1. The number of aliphatic hydroxyl groups excluding tert-OH is 1. The molecular formula is C18H25ClN2O3. The zero-order chi connectivity index (χ0) is 17.7. The van der Waals surface area contributed by atoms with Gasteiger partial charge in [-0.1, -0.05) is 25.4 Å². The molecule has 1 aromatic rings. The van der Waals surface area contributed by atoms with Gasteiger partial charge in [0.1, 0.15) is 0 Å². The van der Waals surface area contributed by atoms with Gasteiger partial charge in [0.25, 0.3) is 5.91 Å². The number of carbonyl (C=O) groups excluding carboxylic acids is 2. The summed E-state index contributed by atoms with van der Waals surface area (Å²) < 4.78 is 0. The van der Waals surface area contributed by atoms with Gasteiger partial charge in [-0.25, -0.2) is 0 Å². The summed E-state index contributed by atoms with van der Waals surface area (Å²) in [5.74, 6) is -0.387. The number of nitrogens with zero attached hydrogens (tertiary/aromatic N) is 1. The maximum Gasteiger partial charge on any atom is 0.255 e. The van der Waals surface area contributed by atoms with Crippen LogP contribution < -0.4 is 5.32 Å². The second kappa shape index (κ2) is 8.49. The zero-order valence-electron chi connectivity index (χ0n) is 14.2. The van der Waals surface area contributed by atoms with Crippen molar-refractivity contribution in [2.24, 2.45) is 5.92 Å². The first-order valence-corrected chi connectivity index (χ1v) is 8.84. The molecule has 0 radical (unpaired) electrons. The number of carbonyl (C=O) groups is 2. The van der Waals surface area contributed by atoms with Gasteiger partial charge in [-0.05, 0) is 43.9 Å². The highest BCUT2D eigenvalue weighted by molar-refractivity contribution is 6.34. The third kappa shape index (κ3) is 4.48. The van der Waals surface area contributed by atoms with E-state index in [1.165, 1.54) is 0 Å². The fourth-order valence-corrected chi connectivity index (χ4v) is 3.12. The van der Waals surface area contributed by atoms with Crippen molar-refractivity contribution in [1.82, 2.24) is 4.90 Å². The molecule has 2 rings (SSSR count). The number of aliphatic hydroxyl groups is 1. The number of piperidine rings is 1. The van der Waals surface area contributed by atoms with Crippen LogP contribution in [0.25, 0.3) is 0 Å². The van der Waals surface area contributed by atoms with Gasteiger partial charge in [0.15, 0.2) is 0 Å². The van der Waals surface area contributed by atoms with Crippen molar-refractivity contribution >= 4 is 29.1 Å². The summed E-state index contributed by atoms with van der Waals surface area (Å²) in [6, 6.07) is 5.01. The molecule has 0 unspecified atom stereocenters. The van der Waals surface area contributed by atoms with Crippen molar-refractivity contribution in [2.75, 3.05) is 18.5 Å². The molecule has 1 aromatic carbocycles. The lowest BCUT2D eigenvalue weighted by Gasteiger charge is -2.35. The van der Waals surface area contributed by atoms with E-state index < -0.39 is 0 Å². The summed E-state index contributed by atoms with van der Waals surface area (Å²) in [5, 5.41) is 12.4. The Morgan fingerprint density at radius 3 is 2.79 bits per heavy atom. The van der Waals surface area contributed by atoms with Crippen molar-refractivity contribution in [2.45, 2.75) is 45.6 Å². The van der Waals surface area contributed by atoms with Crippen LogP contribution in [0.4, 0.5) is 5.69 Å². The zero-order valence-corrected chi connectivity index (χ0v) is 15.0. The Kier molecular flexibility index (Phi) is 6.63. The van der Waals surface area contributed by atoms with E-state index in [-0.39, 0.29) is 30.4 Å². The van der Waals surface area contributed by atoms with Gasteiger partial charge in [-0.2, -0.15) is 0 Å². The fraction of sp³-hybridized carbons (Fsp3) is 0.556.